The minimum atomic E-state index is -4.92. The first-order valence-corrected chi connectivity index (χ1v) is 13.2. The highest BCUT2D eigenvalue weighted by atomic mass is 19.4. The predicted octanol–water partition coefficient (Wildman–Crippen LogP) is 5.91. The number of aliphatic imine (C=N–C) groups is 2. The first kappa shape index (κ1) is 30.2. The lowest BCUT2D eigenvalue weighted by Gasteiger charge is -2.33. The number of guanidine groups is 1. The predicted molar refractivity (Wildman–Crippen MR) is 149 cm³/mol. The molecule has 0 bridgehead atoms. The molecule has 12 heteroatoms. The zero-order chi connectivity index (χ0) is 30.1. The second-order valence-corrected chi connectivity index (χ2v) is 10.4. The molecule has 0 aliphatic carbocycles. The third-order valence-corrected chi connectivity index (χ3v) is 7.15. The van der Waals surface area contributed by atoms with E-state index in [9.17, 15) is 18.0 Å². The van der Waals surface area contributed by atoms with Crippen molar-refractivity contribution in [3.63, 3.8) is 0 Å². The van der Waals surface area contributed by atoms with Crippen molar-refractivity contribution < 1.29 is 31.5 Å². The molecule has 0 atom stereocenters. The summed E-state index contributed by atoms with van der Waals surface area (Å²) in [5.41, 5.74) is -1.60. The van der Waals surface area contributed by atoms with E-state index in [1.165, 1.54) is 24.1 Å². The van der Waals surface area contributed by atoms with Crippen LogP contribution in [0.5, 0.6) is 5.75 Å². The molecule has 1 amide bonds. The lowest BCUT2D eigenvalue weighted by atomic mass is 9.89. The minimum absolute atomic E-state index is 0.0246. The number of nitrogens with zero attached hydrogens (tertiary/aromatic N) is 4. The summed E-state index contributed by atoms with van der Waals surface area (Å²) in [6, 6.07) is 6.12. The van der Waals surface area contributed by atoms with Gasteiger partial charge in [-0.1, -0.05) is 12.6 Å². The van der Waals surface area contributed by atoms with Crippen molar-refractivity contribution in [3.8, 4) is 5.75 Å². The largest absolute Gasteiger partial charge is 0.478 e. The summed E-state index contributed by atoms with van der Waals surface area (Å²) in [6.07, 6.45) is -3.29. The smallest absolute Gasteiger partial charge is 0.417 e. The first-order chi connectivity index (χ1) is 19.3. The number of piperidine rings is 1. The van der Waals surface area contributed by atoms with Crippen LogP contribution in [-0.2, 0) is 4.79 Å². The number of nitrogens with one attached hydrogen (secondary N) is 1. The van der Waals surface area contributed by atoms with Crippen LogP contribution >= 0.6 is 0 Å². The van der Waals surface area contributed by atoms with E-state index < -0.39 is 47.7 Å². The Hall–Kier alpha value is -3.80. The van der Waals surface area contributed by atoms with Crippen LogP contribution in [0.4, 0.5) is 33.3 Å². The molecule has 2 aromatic carbocycles. The number of hydrogen-bond acceptors (Lipinski definition) is 4. The SMILES string of the molecule is C=C(C(=NC(=NC)Nc1ccc(C2CCN(C)CC2)c(F)c1)c1cc(F)c2c(c1)N(C(C)C)C(=O)CO2)C(F)(F)F. The Bertz CT molecular complexity index is 1390. The van der Waals surface area contributed by atoms with Gasteiger partial charge < -0.3 is 19.9 Å². The molecule has 7 nitrogen and oxygen atoms in total. The second kappa shape index (κ2) is 12.0. The summed E-state index contributed by atoms with van der Waals surface area (Å²) in [4.78, 5) is 23.9. The molecule has 41 heavy (non-hydrogen) atoms. The molecule has 0 unspecified atom stereocenters. The number of rotatable bonds is 5. The maximum Gasteiger partial charge on any atom is 0.417 e. The Kier molecular flexibility index (Phi) is 8.81. The van der Waals surface area contributed by atoms with Gasteiger partial charge in [0, 0.05) is 24.3 Å². The Morgan fingerprint density at radius 2 is 1.80 bits per heavy atom. The fourth-order valence-corrected chi connectivity index (χ4v) is 5.01. The van der Waals surface area contributed by atoms with Crippen molar-refractivity contribution in [2.75, 3.05) is 44.0 Å². The number of halogens is 5. The number of ether oxygens (including phenoxy) is 1. The first-order valence-electron chi connectivity index (χ1n) is 13.2. The molecule has 0 saturated carbocycles. The molecule has 1 saturated heterocycles. The van der Waals surface area contributed by atoms with Gasteiger partial charge >= 0.3 is 6.18 Å². The van der Waals surface area contributed by atoms with Crippen molar-refractivity contribution in [2.45, 2.75) is 44.8 Å². The molecular weight excluding hydrogens is 545 g/mol. The number of anilines is 2. The highest BCUT2D eigenvalue weighted by Crippen LogP contribution is 2.39. The average Bonchev–Trinajstić information content (AvgIpc) is 2.90. The molecule has 2 heterocycles. The van der Waals surface area contributed by atoms with Crippen molar-refractivity contribution in [1.82, 2.24) is 4.90 Å². The quantitative estimate of drug-likeness (QED) is 0.273. The average molecular weight is 578 g/mol. The summed E-state index contributed by atoms with van der Waals surface area (Å²) >= 11 is 0. The Labute approximate surface area is 235 Å². The van der Waals surface area contributed by atoms with Gasteiger partial charge in [0.15, 0.2) is 18.2 Å². The van der Waals surface area contributed by atoms with Gasteiger partial charge in [-0.25, -0.2) is 13.8 Å². The van der Waals surface area contributed by atoms with Gasteiger partial charge in [-0.2, -0.15) is 13.2 Å². The molecule has 1 N–H and O–H groups in total. The van der Waals surface area contributed by atoms with Crippen LogP contribution in [0.2, 0.25) is 0 Å². The van der Waals surface area contributed by atoms with Crippen molar-refractivity contribution >= 4 is 29.0 Å². The number of benzene rings is 2. The minimum Gasteiger partial charge on any atom is -0.478 e. The number of carbonyl (C=O) groups is 1. The monoisotopic (exact) mass is 577 g/mol. The molecule has 0 spiro atoms. The van der Waals surface area contributed by atoms with Gasteiger partial charge in [-0.3, -0.25) is 9.79 Å². The highest BCUT2D eigenvalue weighted by Gasteiger charge is 2.38. The number of allylic oxidation sites excluding steroid dienone is 1. The van der Waals surface area contributed by atoms with Crippen LogP contribution in [-0.4, -0.2) is 68.5 Å². The van der Waals surface area contributed by atoms with Gasteiger partial charge in [0.2, 0.25) is 5.96 Å². The van der Waals surface area contributed by atoms with Crippen LogP contribution in [0.25, 0.3) is 0 Å². The summed E-state index contributed by atoms with van der Waals surface area (Å²) in [5.74, 6) is -2.35. The van der Waals surface area contributed by atoms with E-state index in [4.69, 9.17) is 4.74 Å². The lowest BCUT2D eigenvalue weighted by Crippen LogP contribution is -2.43. The molecular formula is C29H32F5N5O2. The summed E-state index contributed by atoms with van der Waals surface area (Å²) in [5, 5.41) is 2.75. The summed E-state index contributed by atoms with van der Waals surface area (Å²) < 4.78 is 77.1. The maximum atomic E-state index is 15.1. The van der Waals surface area contributed by atoms with Crippen LogP contribution in [0, 0.1) is 11.6 Å². The topological polar surface area (TPSA) is 69.5 Å². The standard InChI is InChI=1S/C29H32F5N5O2/c1-16(2)39-24-13-19(12-23(31)27(24)41-15-25(39)40)26(17(3)29(32,33)34)37-28(35-4)36-20-6-7-21(22(30)14-20)18-8-10-38(5)11-9-18/h6-7,12-14,16,18H,3,8-11,15H2,1-2,4-5H3,(H,35,36). The lowest BCUT2D eigenvalue weighted by molar-refractivity contribution is -0.121. The van der Waals surface area contributed by atoms with E-state index in [1.54, 1.807) is 26.0 Å². The van der Waals surface area contributed by atoms with Crippen LogP contribution < -0.4 is 15.0 Å². The van der Waals surface area contributed by atoms with Gasteiger partial charge in [-0.15, -0.1) is 0 Å². The van der Waals surface area contributed by atoms with Crippen molar-refractivity contribution in [1.29, 1.82) is 0 Å². The van der Waals surface area contributed by atoms with Gasteiger partial charge in [0.05, 0.1) is 17.0 Å². The highest BCUT2D eigenvalue weighted by molar-refractivity contribution is 6.19. The third kappa shape index (κ3) is 6.58. The van der Waals surface area contributed by atoms with Gasteiger partial charge in [0.1, 0.15) is 5.82 Å². The number of fused-ring (bicyclic) bond motifs is 1. The molecule has 2 aromatic rings. The molecule has 220 valence electrons. The Balaban J connectivity index is 1.71. The van der Waals surface area contributed by atoms with E-state index in [-0.39, 0.29) is 34.6 Å². The number of likely N-dealkylation sites (tertiary alicyclic amines) is 1. The maximum absolute atomic E-state index is 15.1. The number of amides is 1. The summed E-state index contributed by atoms with van der Waals surface area (Å²) in [7, 11) is 3.31. The van der Waals surface area contributed by atoms with E-state index >= 15 is 8.78 Å². The second-order valence-electron chi connectivity index (χ2n) is 10.4. The third-order valence-electron chi connectivity index (χ3n) is 7.15. The Morgan fingerprint density at radius 3 is 2.39 bits per heavy atom. The molecule has 1 fully saturated rings. The van der Waals surface area contributed by atoms with Crippen LogP contribution in [0.3, 0.4) is 0 Å². The van der Waals surface area contributed by atoms with Gasteiger partial charge in [0.25, 0.3) is 5.91 Å². The Morgan fingerprint density at radius 1 is 1.12 bits per heavy atom. The van der Waals surface area contributed by atoms with Gasteiger partial charge in [-0.05, 0) is 82.6 Å². The van der Waals surface area contributed by atoms with E-state index in [0.29, 0.717) is 5.56 Å². The number of carbonyl (C=O) groups excluding carboxylic acids is 1. The zero-order valence-corrected chi connectivity index (χ0v) is 23.3. The van der Waals surface area contributed by atoms with E-state index in [0.717, 1.165) is 32.0 Å². The number of hydrogen-bond donors (Lipinski definition) is 1. The molecule has 0 radical (unpaired) electrons. The number of alkyl halides is 3. The fraction of sp³-hybridized carbons (Fsp3) is 0.414. The molecule has 2 aliphatic heterocycles. The van der Waals surface area contributed by atoms with E-state index in [2.05, 4.69) is 26.8 Å². The molecule has 4 rings (SSSR count). The van der Waals surface area contributed by atoms with Crippen molar-refractivity contribution in [3.05, 3.63) is 65.2 Å². The van der Waals surface area contributed by atoms with E-state index in [1.807, 2.05) is 7.05 Å². The van der Waals surface area contributed by atoms with Crippen molar-refractivity contribution in [2.24, 2.45) is 9.98 Å². The normalized spacial score (nSPS) is 17.5. The zero-order valence-electron chi connectivity index (χ0n) is 23.3. The summed E-state index contributed by atoms with van der Waals surface area (Å²) in [6.45, 7) is 7.84. The van der Waals surface area contributed by atoms with Crippen LogP contribution in [0.1, 0.15) is 43.7 Å². The molecule has 0 aromatic heterocycles. The van der Waals surface area contributed by atoms with Crippen LogP contribution in [0.15, 0.2) is 52.5 Å². The molecule has 2 aliphatic rings. The fourth-order valence-electron chi connectivity index (χ4n) is 5.01.